The van der Waals surface area contributed by atoms with Gasteiger partial charge in [-0.15, -0.1) is 0 Å². The molecule has 1 saturated carbocycles. The summed E-state index contributed by atoms with van der Waals surface area (Å²) in [5.41, 5.74) is 0.786. The molecule has 1 N–H and O–H groups in total. The van der Waals surface area contributed by atoms with Crippen molar-refractivity contribution in [3.8, 4) is 5.75 Å². The average Bonchev–Trinajstić information content (AvgIpc) is 2.56. The predicted octanol–water partition coefficient (Wildman–Crippen LogP) is 2.40. The van der Waals surface area contributed by atoms with Crippen LogP contribution in [-0.4, -0.2) is 34.1 Å². The Morgan fingerprint density at radius 3 is 2.46 bits per heavy atom. The van der Waals surface area contributed by atoms with Gasteiger partial charge >= 0.3 is 5.97 Å². The predicted molar refractivity (Wildman–Crippen MR) is 90.4 cm³/mol. The molecule has 0 aliphatic heterocycles. The van der Waals surface area contributed by atoms with Crippen LogP contribution in [-0.2, 0) is 19.6 Å². The fourth-order valence-corrected chi connectivity index (χ4v) is 4.40. The number of aryl methyl sites for hydroxylation is 1. The normalized spacial score (nSPS) is 21.3. The van der Waals surface area contributed by atoms with E-state index in [0.717, 1.165) is 5.56 Å². The van der Waals surface area contributed by atoms with Gasteiger partial charge in [-0.05, 0) is 63.3 Å². The minimum absolute atomic E-state index is 0.122. The summed E-state index contributed by atoms with van der Waals surface area (Å²) in [6.45, 7) is 4.25. The van der Waals surface area contributed by atoms with Gasteiger partial charge in [0.25, 0.3) is 0 Å². The molecule has 0 heterocycles. The van der Waals surface area contributed by atoms with Crippen LogP contribution in [0.1, 0.15) is 38.2 Å². The molecule has 6 nitrogen and oxygen atoms in total. The van der Waals surface area contributed by atoms with Gasteiger partial charge in [-0.25, -0.2) is 13.1 Å². The number of methoxy groups -OCH3 is 1. The zero-order valence-electron chi connectivity index (χ0n) is 14.4. The lowest BCUT2D eigenvalue weighted by molar-refractivity contribution is -0.146. The Bertz CT molecular complexity index is 678. The van der Waals surface area contributed by atoms with E-state index in [0.29, 0.717) is 38.0 Å². The molecular formula is C17H25NO5S. The molecule has 0 amide bonds. The van der Waals surface area contributed by atoms with Gasteiger partial charge in [-0.1, -0.05) is 0 Å². The molecule has 0 bridgehead atoms. The molecule has 1 aromatic rings. The van der Waals surface area contributed by atoms with E-state index >= 15 is 0 Å². The first-order valence-corrected chi connectivity index (χ1v) is 9.69. The number of nitrogens with one attached hydrogen (secondary N) is 1. The maximum absolute atomic E-state index is 12.5. The Labute approximate surface area is 143 Å². The van der Waals surface area contributed by atoms with Gasteiger partial charge < -0.3 is 9.47 Å². The van der Waals surface area contributed by atoms with Gasteiger partial charge in [0, 0.05) is 6.04 Å². The number of carbonyl (C=O) groups is 1. The number of hydrogen-bond donors (Lipinski definition) is 1. The number of sulfonamides is 1. The second-order valence-electron chi connectivity index (χ2n) is 6.05. The molecule has 0 aromatic heterocycles. The molecule has 2 rings (SSSR count). The van der Waals surface area contributed by atoms with Crippen LogP contribution in [0.15, 0.2) is 23.1 Å². The minimum Gasteiger partial charge on any atom is -0.494 e. The second kappa shape index (κ2) is 7.98. The number of rotatable bonds is 6. The standard InChI is InChI=1S/C17H25NO5S/c1-4-23-16-10-9-15(11-12(16)2)24(20,21)18-14-7-5-13(6-8-14)17(19)22-3/h9-11,13-14,18H,4-8H2,1-3H3/t13-,14-. The molecular weight excluding hydrogens is 330 g/mol. The first-order valence-electron chi connectivity index (χ1n) is 8.21. The van der Waals surface area contributed by atoms with Crippen LogP contribution in [0.5, 0.6) is 5.75 Å². The summed E-state index contributed by atoms with van der Waals surface area (Å²) in [5.74, 6) is 0.358. The van der Waals surface area contributed by atoms with Crippen LogP contribution in [0.2, 0.25) is 0 Å². The molecule has 1 fully saturated rings. The highest BCUT2D eigenvalue weighted by molar-refractivity contribution is 7.89. The van der Waals surface area contributed by atoms with E-state index in [4.69, 9.17) is 9.47 Å². The van der Waals surface area contributed by atoms with Gasteiger partial charge in [0.1, 0.15) is 5.75 Å². The fraction of sp³-hybridized carbons (Fsp3) is 0.588. The summed E-state index contributed by atoms with van der Waals surface area (Å²) in [6, 6.07) is 4.71. The van der Waals surface area contributed by atoms with Crippen molar-refractivity contribution in [2.75, 3.05) is 13.7 Å². The molecule has 1 aliphatic carbocycles. The lowest BCUT2D eigenvalue weighted by atomic mass is 9.86. The van der Waals surface area contributed by atoms with Crippen molar-refractivity contribution in [2.24, 2.45) is 5.92 Å². The SMILES string of the molecule is CCOc1ccc(S(=O)(=O)N[C@H]2CC[C@H](C(=O)OC)CC2)cc1C. The van der Waals surface area contributed by atoms with Crippen molar-refractivity contribution >= 4 is 16.0 Å². The summed E-state index contributed by atoms with van der Waals surface area (Å²) < 4.78 is 38.0. The van der Waals surface area contributed by atoms with E-state index in [1.165, 1.54) is 7.11 Å². The van der Waals surface area contributed by atoms with Crippen molar-refractivity contribution in [1.29, 1.82) is 0 Å². The average molecular weight is 355 g/mol. The number of esters is 1. The van der Waals surface area contributed by atoms with Gasteiger partial charge in [0.15, 0.2) is 0 Å². The van der Waals surface area contributed by atoms with E-state index in [1.54, 1.807) is 18.2 Å². The fourth-order valence-electron chi connectivity index (χ4n) is 3.01. The largest absolute Gasteiger partial charge is 0.494 e. The zero-order chi connectivity index (χ0) is 17.7. The third kappa shape index (κ3) is 4.48. The second-order valence-corrected chi connectivity index (χ2v) is 7.77. The Hall–Kier alpha value is -1.60. The van der Waals surface area contributed by atoms with E-state index in [-0.39, 0.29) is 22.8 Å². The van der Waals surface area contributed by atoms with Crippen LogP contribution in [0.4, 0.5) is 0 Å². The lowest BCUT2D eigenvalue weighted by Gasteiger charge is -2.27. The molecule has 7 heteroatoms. The quantitative estimate of drug-likeness (QED) is 0.793. The molecule has 0 radical (unpaired) electrons. The van der Waals surface area contributed by atoms with E-state index in [2.05, 4.69) is 4.72 Å². The first-order chi connectivity index (χ1) is 11.4. The third-order valence-electron chi connectivity index (χ3n) is 4.34. The van der Waals surface area contributed by atoms with Crippen molar-refractivity contribution in [3.63, 3.8) is 0 Å². The summed E-state index contributed by atoms with van der Waals surface area (Å²) in [6.07, 6.45) is 2.55. The molecule has 134 valence electrons. The number of carbonyl (C=O) groups excluding carboxylic acids is 1. The van der Waals surface area contributed by atoms with Gasteiger partial charge in [0.05, 0.1) is 24.5 Å². The first kappa shape index (κ1) is 18.7. The molecule has 0 unspecified atom stereocenters. The van der Waals surface area contributed by atoms with E-state index in [9.17, 15) is 13.2 Å². The third-order valence-corrected chi connectivity index (χ3v) is 5.86. The van der Waals surface area contributed by atoms with Crippen molar-refractivity contribution in [2.45, 2.75) is 50.5 Å². The molecule has 1 aromatic carbocycles. The van der Waals surface area contributed by atoms with Gasteiger partial charge in [-0.3, -0.25) is 4.79 Å². The van der Waals surface area contributed by atoms with Crippen LogP contribution < -0.4 is 9.46 Å². The Morgan fingerprint density at radius 2 is 1.92 bits per heavy atom. The summed E-state index contributed by atoms with van der Waals surface area (Å²) in [5, 5.41) is 0. The minimum atomic E-state index is -3.58. The smallest absolute Gasteiger partial charge is 0.308 e. The summed E-state index contributed by atoms with van der Waals surface area (Å²) in [7, 11) is -2.20. The summed E-state index contributed by atoms with van der Waals surface area (Å²) in [4.78, 5) is 11.8. The highest BCUT2D eigenvalue weighted by Gasteiger charge is 2.29. The molecule has 0 atom stereocenters. The highest BCUT2D eigenvalue weighted by Crippen LogP contribution is 2.27. The maximum Gasteiger partial charge on any atom is 0.308 e. The molecule has 0 spiro atoms. The van der Waals surface area contributed by atoms with Crippen molar-refractivity contribution < 1.29 is 22.7 Å². The van der Waals surface area contributed by atoms with Crippen LogP contribution in [0.25, 0.3) is 0 Å². The Kier molecular flexibility index (Phi) is 6.23. The lowest BCUT2D eigenvalue weighted by Crippen LogP contribution is -2.38. The van der Waals surface area contributed by atoms with Crippen molar-refractivity contribution in [3.05, 3.63) is 23.8 Å². The van der Waals surface area contributed by atoms with Gasteiger partial charge in [-0.2, -0.15) is 0 Å². The van der Waals surface area contributed by atoms with Crippen LogP contribution in [0, 0.1) is 12.8 Å². The topological polar surface area (TPSA) is 81.7 Å². The summed E-state index contributed by atoms with van der Waals surface area (Å²) >= 11 is 0. The molecule has 24 heavy (non-hydrogen) atoms. The van der Waals surface area contributed by atoms with E-state index in [1.807, 2.05) is 13.8 Å². The zero-order valence-corrected chi connectivity index (χ0v) is 15.2. The number of hydrogen-bond acceptors (Lipinski definition) is 5. The highest BCUT2D eigenvalue weighted by atomic mass is 32.2. The van der Waals surface area contributed by atoms with Crippen LogP contribution >= 0.6 is 0 Å². The number of benzene rings is 1. The monoisotopic (exact) mass is 355 g/mol. The van der Waals surface area contributed by atoms with Crippen molar-refractivity contribution in [1.82, 2.24) is 4.72 Å². The molecule has 1 aliphatic rings. The number of ether oxygens (including phenoxy) is 2. The van der Waals surface area contributed by atoms with Crippen LogP contribution in [0.3, 0.4) is 0 Å². The Morgan fingerprint density at radius 1 is 1.25 bits per heavy atom. The van der Waals surface area contributed by atoms with Gasteiger partial charge in [0.2, 0.25) is 10.0 Å². The Balaban J connectivity index is 2.02. The van der Waals surface area contributed by atoms with E-state index < -0.39 is 10.0 Å². The maximum atomic E-state index is 12.5. The molecule has 0 saturated heterocycles.